The highest BCUT2D eigenvalue weighted by atomic mass is 19.3. The highest BCUT2D eigenvalue weighted by molar-refractivity contribution is 5.94. The first-order chi connectivity index (χ1) is 14.6. The van der Waals surface area contributed by atoms with Crippen LogP contribution in [-0.2, 0) is 11.2 Å². The molecule has 1 aliphatic rings. The maximum Gasteiger partial charge on any atom is 0.387 e. The molecule has 0 saturated carbocycles. The number of carbonyl (C=O) groups excluding carboxylic acids is 1. The molecule has 0 radical (unpaired) electrons. The van der Waals surface area contributed by atoms with E-state index in [0.717, 1.165) is 24.2 Å². The van der Waals surface area contributed by atoms with Crippen molar-refractivity contribution in [3.63, 3.8) is 0 Å². The van der Waals surface area contributed by atoms with Gasteiger partial charge in [-0.1, -0.05) is 24.3 Å². The van der Waals surface area contributed by atoms with Crippen LogP contribution in [0.5, 0.6) is 5.75 Å². The molecule has 30 heavy (non-hydrogen) atoms. The molecule has 1 aromatic heterocycles. The van der Waals surface area contributed by atoms with Crippen LogP contribution >= 0.6 is 0 Å². The summed E-state index contributed by atoms with van der Waals surface area (Å²) in [6, 6.07) is 13.7. The van der Waals surface area contributed by atoms with Gasteiger partial charge in [-0.05, 0) is 35.4 Å². The van der Waals surface area contributed by atoms with E-state index < -0.39 is 6.61 Å². The van der Waals surface area contributed by atoms with Crippen molar-refractivity contribution in [1.82, 2.24) is 20.1 Å². The second kappa shape index (κ2) is 9.10. The summed E-state index contributed by atoms with van der Waals surface area (Å²) in [6.45, 7) is -0.570. The number of morpholine rings is 1. The predicted molar refractivity (Wildman–Crippen MR) is 104 cm³/mol. The predicted octanol–water partition coefficient (Wildman–Crippen LogP) is 2.96. The molecule has 0 bridgehead atoms. The zero-order chi connectivity index (χ0) is 20.9. The molecule has 1 saturated heterocycles. The van der Waals surface area contributed by atoms with E-state index in [1.165, 1.54) is 23.1 Å². The lowest BCUT2D eigenvalue weighted by Gasteiger charge is -2.24. The van der Waals surface area contributed by atoms with Gasteiger partial charge in [-0.15, -0.1) is 5.10 Å². The van der Waals surface area contributed by atoms with Gasteiger partial charge >= 0.3 is 6.61 Å². The van der Waals surface area contributed by atoms with Crippen LogP contribution in [-0.4, -0.2) is 46.9 Å². The standard InChI is InChI=1S/C21H20F2N4O3/c22-21(23)30-17-7-5-16(6-8-17)27-13-25-20(26-27)18(28)11-14-1-3-15(4-2-14)19-12-24-9-10-29-19/h1-8,13,19,21,24H,9-12H2/t19-/m1/s1. The molecule has 7 nitrogen and oxygen atoms in total. The van der Waals surface area contributed by atoms with Gasteiger partial charge in [0, 0.05) is 19.5 Å². The lowest BCUT2D eigenvalue weighted by atomic mass is 10.0. The topological polar surface area (TPSA) is 78.3 Å². The van der Waals surface area contributed by atoms with Crippen molar-refractivity contribution in [3.05, 3.63) is 71.8 Å². The molecular formula is C21H20F2N4O3. The van der Waals surface area contributed by atoms with Crippen molar-refractivity contribution in [2.45, 2.75) is 19.1 Å². The van der Waals surface area contributed by atoms with Crippen molar-refractivity contribution in [2.24, 2.45) is 0 Å². The van der Waals surface area contributed by atoms with Gasteiger partial charge in [-0.2, -0.15) is 8.78 Å². The maximum absolute atomic E-state index is 12.5. The second-order valence-electron chi connectivity index (χ2n) is 6.79. The number of Topliss-reactive ketones (excluding diaryl/α,β-unsaturated/α-hetero) is 1. The first-order valence-corrected chi connectivity index (χ1v) is 9.50. The van der Waals surface area contributed by atoms with Crippen molar-refractivity contribution >= 4 is 5.78 Å². The summed E-state index contributed by atoms with van der Waals surface area (Å²) in [5, 5.41) is 7.49. The largest absolute Gasteiger partial charge is 0.435 e. The molecule has 156 valence electrons. The number of ether oxygens (including phenoxy) is 2. The molecule has 2 aromatic carbocycles. The summed E-state index contributed by atoms with van der Waals surface area (Å²) in [5.74, 6) is -0.0791. The van der Waals surface area contributed by atoms with Gasteiger partial charge in [0.2, 0.25) is 11.6 Å². The summed E-state index contributed by atoms with van der Waals surface area (Å²) in [5.41, 5.74) is 2.51. The summed E-state index contributed by atoms with van der Waals surface area (Å²) in [7, 11) is 0. The number of aromatic nitrogens is 3. The summed E-state index contributed by atoms with van der Waals surface area (Å²) >= 11 is 0. The molecule has 0 spiro atoms. The average Bonchev–Trinajstić information content (AvgIpc) is 3.25. The van der Waals surface area contributed by atoms with E-state index in [0.29, 0.717) is 12.3 Å². The Morgan fingerprint density at radius 1 is 1.20 bits per heavy atom. The Morgan fingerprint density at radius 3 is 2.63 bits per heavy atom. The summed E-state index contributed by atoms with van der Waals surface area (Å²) < 4.78 is 35.9. The number of hydrogen-bond acceptors (Lipinski definition) is 6. The van der Waals surface area contributed by atoms with E-state index in [4.69, 9.17) is 4.74 Å². The van der Waals surface area contributed by atoms with E-state index in [-0.39, 0.29) is 29.9 Å². The fourth-order valence-electron chi connectivity index (χ4n) is 3.19. The average molecular weight is 414 g/mol. The van der Waals surface area contributed by atoms with Gasteiger partial charge in [0.05, 0.1) is 18.4 Å². The summed E-state index contributed by atoms with van der Waals surface area (Å²) in [6.07, 6.45) is 1.61. The first kappa shape index (κ1) is 20.1. The fraction of sp³-hybridized carbons (Fsp3) is 0.286. The third-order valence-corrected chi connectivity index (χ3v) is 4.71. The number of hydrogen-bond donors (Lipinski definition) is 1. The number of ketones is 1. The number of alkyl halides is 2. The van der Waals surface area contributed by atoms with E-state index in [1.807, 2.05) is 24.3 Å². The zero-order valence-corrected chi connectivity index (χ0v) is 16.0. The molecule has 1 aliphatic heterocycles. The Balaban J connectivity index is 1.39. The van der Waals surface area contributed by atoms with Gasteiger partial charge in [-0.25, -0.2) is 9.67 Å². The van der Waals surface area contributed by atoms with Crippen LogP contribution < -0.4 is 10.1 Å². The van der Waals surface area contributed by atoms with E-state index in [2.05, 4.69) is 20.1 Å². The monoisotopic (exact) mass is 414 g/mol. The lowest BCUT2D eigenvalue weighted by molar-refractivity contribution is -0.0498. The molecule has 0 amide bonds. The summed E-state index contributed by atoms with van der Waals surface area (Å²) in [4.78, 5) is 16.6. The van der Waals surface area contributed by atoms with Gasteiger partial charge in [0.1, 0.15) is 12.1 Å². The zero-order valence-electron chi connectivity index (χ0n) is 16.0. The third-order valence-electron chi connectivity index (χ3n) is 4.71. The number of nitrogens with zero attached hydrogens (tertiary/aromatic N) is 3. The minimum absolute atomic E-state index is 0.0262. The van der Waals surface area contributed by atoms with Gasteiger partial charge < -0.3 is 14.8 Å². The highest BCUT2D eigenvalue weighted by Crippen LogP contribution is 2.20. The van der Waals surface area contributed by atoms with Gasteiger partial charge in [0.25, 0.3) is 0 Å². The molecular weight excluding hydrogens is 394 g/mol. The van der Waals surface area contributed by atoms with Crippen LogP contribution in [0.25, 0.3) is 5.69 Å². The number of benzene rings is 2. The van der Waals surface area contributed by atoms with E-state index in [9.17, 15) is 13.6 Å². The number of nitrogens with one attached hydrogen (secondary N) is 1. The Bertz CT molecular complexity index is 984. The maximum atomic E-state index is 12.5. The van der Waals surface area contributed by atoms with Crippen molar-refractivity contribution in [1.29, 1.82) is 0 Å². The Hall–Kier alpha value is -3.17. The molecule has 2 heterocycles. The number of carbonyl (C=O) groups is 1. The molecule has 1 fully saturated rings. The Labute approximate surface area is 171 Å². The molecule has 0 unspecified atom stereocenters. The van der Waals surface area contributed by atoms with Crippen LogP contribution in [0.1, 0.15) is 27.8 Å². The molecule has 0 aliphatic carbocycles. The van der Waals surface area contributed by atoms with Gasteiger partial charge in [0.15, 0.2) is 0 Å². The number of halogens is 2. The highest BCUT2D eigenvalue weighted by Gasteiger charge is 2.17. The molecule has 9 heteroatoms. The Kier molecular flexibility index (Phi) is 6.10. The minimum atomic E-state index is -2.88. The van der Waals surface area contributed by atoms with Crippen molar-refractivity contribution < 1.29 is 23.0 Å². The smallest absolute Gasteiger partial charge is 0.387 e. The Morgan fingerprint density at radius 2 is 1.97 bits per heavy atom. The molecule has 3 aromatic rings. The van der Waals surface area contributed by atoms with Crippen LogP contribution in [0, 0.1) is 0 Å². The second-order valence-corrected chi connectivity index (χ2v) is 6.79. The SMILES string of the molecule is O=C(Cc1ccc([C@H]2CNCCO2)cc1)c1ncn(-c2ccc(OC(F)F)cc2)n1. The third kappa shape index (κ3) is 4.87. The van der Waals surface area contributed by atoms with Crippen LogP contribution in [0.3, 0.4) is 0 Å². The van der Waals surface area contributed by atoms with Crippen molar-refractivity contribution in [2.75, 3.05) is 19.7 Å². The first-order valence-electron chi connectivity index (χ1n) is 9.50. The molecule has 1 atom stereocenters. The quantitative estimate of drug-likeness (QED) is 0.599. The van der Waals surface area contributed by atoms with Crippen LogP contribution in [0.15, 0.2) is 54.9 Å². The minimum Gasteiger partial charge on any atom is -0.435 e. The fourth-order valence-corrected chi connectivity index (χ4v) is 3.19. The van der Waals surface area contributed by atoms with Gasteiger partial charge in [-0.3, -0.25) is 4.79 Å². The van der Waals surface area contributed by atoms with Crippen LogP contribution in [0.4, 0.5) is 8.78 Å². The normalized spacial score (nSPS) is 16.6. The molecule has 1 N–H and O–H groups in total. The molecule has 4 rings (SSSR count). The van der Waals surface area contributed by atoms with Crippen molar-refractivity contribution in [3.8, 4) is 11.4 Å². The van der Waals surface area contributed by atoms with Crippen LogP contribution in [0.2, 0.25) is 0 Å². The lowest BCUT2D eigenvalue weighted by Crippen LogP contribution is -2.33. The van der Waals surface area contributed by atoms with E-state index >= 15 is 0 Å². The number of rotatable bonds is 7. The van der Waals surface area contributed by atoms with E-state index in [1.54, 1.807) is 12.1 Å².